The maximum absolute atomic E-state index is 9.92. The van der Waals surface area contributed by atoms with E-state index in [0.29, 0.717) is 0 Å². The maximum atomic E-state index is 9.92. The fourth-order valence-corrected chi connectivity index (χ4v) is 2.54. The molecule has 1 unspecified atom stereocenters. The van der Waals surface area contributed by atoms with E-state index >= 15 is 0 Å². The van der Waals surface area contributed by atoms with Gasteiger partial charge in [-0.2, -0.15) is 0 Å². The Kier molecular flexibility index (Phi) is 5.72. The van der Waals surface area contributed by atoms with Crippen LogP contribution in [-0.2, 0) is 14.2 Å². The third-order valence-electron chi connectivity index (χ3n) is 3.94. The molecule has 0 aromatic heterocycles. The summed E-state index contributed by atoms with van der Waals surface area (Å²) in [5, 5.41) is 67.2. The molecule has 2 saturated heterocycles. The highest BCUT2D eigenvalue weighted by Crippen LogP contribution is 2.28. The first kappa shape index (κ1) is 17.9. The summed E-state index contributed by atoms with van der Waals surface area (Å²) < 4.78 is 15.5. The van der Waals surface area contributed by atoms with Crippen molar-refractivity contribution >= 4 is 0 Å². The van der Waals surface area contributed by atoms with Gasteiger partial charge in [0.1, 0.15) is 42.7 Å². The van der Waals surface area contributed by atoms with E-state index in [1.165, 1.54) is 6.92 Å². The van der Waals surface area contributed by atoms with Crippen LogP contribution in [0.1, 0.15) is 6.92 Å². The van der Waals surface area contributed by atoms with Crippen LogP contribution in [0.2, 0.25) is 0 Å². The summed E-state index contributed by atoms with van der Waals surface area (Å²) in [5.41, 5.74) is 0. The molecule has 2 fully saturated rings. The zero-order valence-electron chi connectivity index (χ0n) is 11.8. The number of aliphatic hydroxyl groups excluding tert-OH is 7. The SMILES string of the molecule is C[C@H]1OC(O)[C@H](O)[C@@H](O)[C@H]1O[C@H]1O[C@H](CO)[C@H](O)[C@H](O)[C@H]1O. The zero-order chi connectivity index (χ0) is 16.6. The molecule has 2 heterocycles. The van der Waals surface area contributed by atoms with E-state index in [-0.39, 0.29) is 0 Å². The first-order valence-electron chi connectivity index (χ1n) is 6.93. The van der Waals surface area contributed by atoms with Gasteiger partial charge in [0.05, 0.1) is 12.7 Å². The van der Waals surface area contributed by atoms with Crippen molar-refractivity contribution in [3.63, 3.8) is 0 Å². The van der Waals surface area contributed by atoms with Crippen molar-refractivity contribution in [3.05, 3.63) is 0 Å². The minimum absolute atomic E-state index is 0.620. The molecule has 7 N–H and O–H groups in total. The van der Waals surface area contributed by atoms with Gasteiger partial charge in [0.15, 0.2) is 12.6 Å². The summed E-state index contributed by atoms with van der Waals surface area (Å²) in [6, 6.07) is 0. The first-order chi connectivity index (χ1) is 10.3. The van der Waals surface area contributed by atoms with Crippen molar-refractivity contribution in [2.24, 2.45) is 0 Å². The summed E-state index contributed by atoms with van der Waals surface area (Å²) in [6.07, 6.45) is -14.2. The van der Waals surface area contributed by atoms with E-state index in [4.69, 9.17) is 19.3 Å². The van der Waals surface area contributed by atoms with Gasteiger partial charge in [0.2, 0.25) is 0 Å². The molecule has 10 atom stereocenters. The highest BCUT2D eigenvalue weighted by atomic mass is 16.7. The van der Waals surface area contributed by atoms with Gasteiger partial charge in [-0.15, -0.1) is 0 Å². The van der Waals surface area contributed by atoms with E-state index in [1.54, 1.807) is 0 Å². The Balaban J connectivity index is 2.08. The Morgan fingerprint density at radius 3 is 2.05 bits per heavy atom. The van der Waals surface area contributed by atoms with Gasteiger partial charge < -0.3 is 50.0 Å². The number of hydrogen-bond acceptors (Lipinski definition) is 10. The number of hydrogen-bond donors (Lipinski definition) is 7. The second kappa shape index (κ2) is 7.01. The van der Waals surface area contributed by atoms with Crippen molar-refractivity contribution in [1.29, 1.82) is 0 Å². The minimum Gasteiger partial charge on any atom is -0.394 e. The van der Waals surface area contributed by atoms with Gasteiger partial charge in [-0.3, -0.25) is 0 Å². The molecule has 0 saturated carbocycles. The van der Waals surface area contributed by atoms with E-state index in [0.717, 1.165) is 0 Å². The second-order valence-corrected chi connectivity index (χ2v) is 5.51. The summed E-state index contributed by atoms with van der Waals surface area (Å²) in [6.45, 7) is 0.846. The fourth-order valence-electron chi connectivity index (χ4n) is 2.54. The molecule has 10 nitrogen and oxygen atoms in total. The predicted molar refractivity (Wildman–Crippen MR) is 67.2 cm³/mol. The molecule has 2 rings (SSSR count). The molecule has 0 spiro atoms. The standard InChI is InChI=1S/C12H22O10/c1-3-10(7(16)8(17)11(19)20-3)22-12-9(18)6(15)5(14)4(2-13)21-12/h3-19H,2H2,1H3/t3-,4-,5+,6+,7-,8-,9-,10+,11?,12-/m1/s1. The van der Waals surface area contributed by atoms with Crippen LogP contribution >= 0.6 is 0 Å². The topological polar surface area (TPSA) is 169 Å². The molecule has 0 bridgehead atoms. The Bertz CT molecular complexity index is 366. The Hall–Kier alpha value is -0.400. The van der Waals surface area contributed by atoms with Gasteiger partial charge in [-0.1, -0.05) is 0 Å². The molecule has 0 aromatic carbocycles. The second-order valence-electron chi connectivity index (χ2n) is 5.51. The Morgan fingerprint density at radius 1 is 0.818 bits per heavy atom. The van der Waals surface area contributed by atoms with Crippen LogP contribution in [0.5, 0.6) is 0 Å². The summed E-state index contributed by atoms with van der Waals surface area (Å²) in [4.78, 5) is 0. The van der Waals surface area contributed by atoms with Crippen molar-refractivity contribution in [2.75, 3.05) is 6.61 Å². The van der Waals surface area contributed by atoms with Crippen LogP contribution in [0, 0.1) is 0 Å². The van der Waals surface area contributed by atoms with E-state index < -0.39 is 68.0 Å². The summed E-state index contributed by atoms with van der Waals surface area (Å²) in [5.74, 6) is 0. The lowest BCUT2D eigenvalue weighted by atomic mass is 9.97. The van der Waals surface area contributed by atoms with E-state index in [1.807, 2.05) is 0 Å². The van der Waals surface area contributed by atoms with Gasteiger partial charge in [-0.25, -0.2) is 0 Å². The largest absolute Gasteiger partial charge is 0.394 e. The van der Waals surface area contributed by atoms with Crippen LogP contribution in [-0.4, -0.2) is 104 Å². The van der Waals surface area contributed by atoms with Crippen LogP contribution in [0.25, 0.3) is 0 Å². The Morgan fingerprint density at radius 2 is 1.45 bits per heavy atom. The highest BCUT2D eigenvalue weighted by Gasteiger charge is 2.49. The van der Waals surface area contributed by atoms with Gasteiger partial charge >= 0.3 is 0 Å². The highest BCUT2D eigenvalue weighted by molar-refractivity contribution is 4.92. The molecule has 0 radical (unpaired) electrons. The number of rotatable bonds is 3. The van der Waals surface area contributed by atoms with Gasteiger partial charge in [-0.05, 0) is 6.92 Å². The van der Waals surface area contributed by atoms with Gasteiger partial charge in [0, 0.05) is 0 Å². The third-order valence-corrected chi connectivity index (χ3v) is 3.94. The van der Waals surface area contributed by atoms with Gasteiger partial charge in [0.25, 0.3) is 0 Å². The van der Waals surface area contributed by atoms with Crippen molar-refractivity contribution in [3.8, 4) is 0 Å². The maximum Gasteiger partial charge on any atom is 0.187 e. The molecule has 10 heteroatoms. The first-order valence-corrected chi connectivity index (χ1v) is 6.93. The Labute approximate surface area is 126 Å². The van der Waals surface area contributed by atoms with Crippen molar-refractivity contribution in [1.82, 2.24) is 0 Å². The molecular weight excluding hydrogens is 304 g/mol. The van der Waals surface area contributed by atoms with Crippen molar-refractivity contribution in [2.45, 2.75) is 68.3 Å². The molecule has 0 aromatic rings. The van der Waals surface area contributed by atoms with Crippen molar-refractivity contribution < 1.29 is 50.0 Å². The molecule has 0 amide bonds. The smallest absolute Gasteiger partial charge is 0.187 e. The fraction of sp³-hybridized carbons (Fsp3) is 1.00. The monoisotopic (exact) mass is 326 g/mol. The van der Waals surface area contributed by atoms with Crippen LogP contribution in [0.3, 0.4) is 0 Å². The molecule has 130 valence electrons. The van der Waals surface area contributed by atoms with Crippen LogP contribution in [0.4, 0.5) is 0 Å². The lowest BCUT2D eigenvalue weighted by molar-refractivity contribution is -0.351. The summed E-state index contributed by atoms with van der Waals surface area (Å²) >= 11 is 0. The quantitative estimate of drug-likeness (QED) is 0.269. The van der Waals surface area contributed by atoms with Crippen LogP contribution < -0.4 is 0 Å². The molecular formula is C12H22O10. The average molecular weight is 326 g/mol. The number of ether oxygens (including phenoxy) is 3. The molecule has 2 aliphatic rings. The van der Waals surface area contributed by atoms with E-state index in [9.17, 15) is 30.6 Å². The summed E-state index contributed by atoms with van der Waals surface area (Å²) in [7, 11) is 0. The lowest BCUT2D eigenvalue weighted by Crippen LogP contribution is -2.63. The molecule has 0 aliphatic carbocycles. The molecule has 2 aliphatic heterocycles. The van der Waals surface area contributed by atoms with E-state index in [2.05, 4.69) is 0 Å². The predicted octanol–water partition coefficient (Wildman–Crippen LogP) is -4.37. The zero-order valence-corrected chi connectivity index (χ0v) is 11.8. The molecule has 22 heavy (non-hydrogen) atoms. The lowest BCUT2D eigenvalue weighted by Gasteiger charge is -2.44. The van der Waals surface area contributed by atoms with Crippen LogP contribution in [0.15, 0.2) is 0 Å². The third kappa shape index (κ3) is 3.26. The normalized spacial score (nSPS) is 53.5. The minimum atomic E-state index is -1.64. The number of aliphatic hydroxyl groups is 7. The average Bonchev–Trinajstić information content (AvgIpc) is 2.49.